The highest BCUT2D eigenvalue weighted by Gasteiger charge is 2.28. The van der Waals surface area contributed by atoms with Crippen molar-refractivity contribution in [2.75, 3.05) is 26.9 Å². The van der Waals surface area contributed by atoms with E-state index in [9.17, 15) is 19.7 Å². The van der Waals surface area contributed by atoms with Gasteiger partial charge in [0.15, 0.2) is 18.1 Å². The topological polar surface area (TPSA) is 108 Å². The smallest absolute Gasteiger partial charge is 0.345 e. The molecule has 1 amide bonds. The van der Waals surface area contributed by atoms with E-state index in [2.05, 4.69) is 0 Å². The van der Waals surface area contributed by atoms with Gasteiger partial charge in [-0.05, 0) is 25.0 Å². The van der Waals surface area contributed by atoms with E-state index in [0.29, 0.717) is 6.54 Å². The lowest BCUT2D eigenvalue weighted by Gasteiger charge is -2.20. The van der Waals surface area contributed by atoms with Gasteiger partial charge in [-0.3, -0.25) is 14.9 Å². The zero-order chi connectivity index (χ0) is 21.8. The molecule has 0 spiro atoms. The summed E-state index contributed by atoms with van der Waals surface area (Å²) >= 11 is 0. The predicted molar refractivity (Wildman–Crippen MR) is 107 cm³/mol. The van der Waals surface area contributed by atoms with Gasteiger partial charge in [0.05, 0.1) is 11.0 Å². The van der Waals surface area contributed by atoms with E-state index in [-0.39, 0.29) is 30.3 Å². The summed E-state index contributed by atoms with van der Waals surface area (Å²) in [6.07, 6.45) is 0. The van der Waals surface area contributed by atoms with Gasteiger partial charge in [-0.25, -0.2) is 4.79 Å². The monoisotopic (exact) mass is 414 g/mol. The van der Waals surface area contributed by atoms with Crippen LogP contribution in [0.25, 0.3) is 0 Å². The van der Waals surface area contributed by atoms with Crippen LogP contribution in [0.4, 0.5) is 5.69 Å². The Kier molecular flexibility index (Phi) is 6.20. The molecule has 3 rings (SSSR count). The van der Waals surface area contributed by atoms with Crippen molar-refractivity contribution in [3.05, 3.63) is 62.7 Å². The van der Waals surface area contributed by atoms with E-state index in [1.165, 1.54) is 11.0 Å². The van der Waals surface area contributed by atoms with Crippen molar-refractivity contribution in [2.24, 2.45) is 0 Å². The fraction of sp³-hybridized carbons (Fsp3) is 0.333. The minimum absolute atomic E-state index is 0.189. The summed E-state index contributed by atoms with van der Waals surface area (Å²) in [6, 6.07) is 8.26. The molecular weight excluding hydrogens is 392 g/mol. The Morgan fingerprint density at radius 2 is 1.80 bits per heavy atom. The number of aryl methyl sites for hydroxylation is 2. The number of esters is 1. The molecule has 0 saturated carbocycles. The quantitative estimate of drug-likeness (QED) is 0.406. The van der Waals surface area contributed by atoms with Crippen molar-refractivity contribution < 1.29 is 28.7 Å². The highest BCUT2D eigenvalue weighted by Crippen LogP contribution is 2.36. The van der Waals surface area contributed by atoms with Gasteiger partial charge in [-0.1, -0.05) is 23.8 Å². The van der Waals surface area contributed by atoms with E-state index < -0.39 is 29.1 Å². The standard InChI is InChI=1S/C21H22N2O7/c1-13-4-5-15(14(2)8-13)11-22(3)20(24)12-30-21(25)16-9-18-19(29-7-6-28-18)10-17(16)23(26)27/h4-5,8-10H,6-7,11-12H2,1-3H3. The third-order valence-corrected chi connectivity index (χ3v) is 4.74. The number of fused-ring (bicyclic) bond motifs is 1. The van der Waals surface area contributed by atoms with Gasteiger partial charge in [0.2, 0.25) is 0 Å². The van der Waals surface area contributed by atoms with E-state index in [4.69, 9.17) is 14.2 Å². The number of nitro benzene ring substituents is 1. The maximum Gasteiger partial charge on any atom is 0.345 e. The number of amides is 1. The van der Waals surface area contributed by atoms with Gasteiger partial charge >= 0.3 is 5.97 Å². The summed E-state index contributed by atoms with van der Waals surface area (Å²) < 4.78 is 15.7. The van der Waals surface area contributed by atoms with Crippen molar-refractivity contribution in [1.82, 2.24) is 4.90 Å². The van der Waals surface area contributed by atoms with Crippen LogP contribution in [0.5, 0.6) is 11.5 Å². The molecule has 158 valence electrons. The molecule has 0 fully saturated rings. The molecule has 2 aromatic carbocycles. The summed E-state index contributed by atoms with van der Waals surface area (Å²) in [5.41, 5.74) is 2.39. The summed E-state index contributed by atoms with van der Waals surface area (Å²) in [4.78, 5) is 36.9. The maximum atomic E-state index is 12.4. The molecule has 0 bridgehead atoms. The van der Waals surface area contributed by atoms with E-state index in [1.54, 1.807) is 7.05 Å². The molecule has 0 aliphatic carbocycles. The van der Waals surface area contributed by atoms with Crippen molar-refractivity contribution in [2.45, 2.75) is 20.4 Å². The molecule has 0 aromatic heterocycles. The van der Waals surface area contributed by atoms with Crippen molar-refractivity contribution in [3.63, 3.8) is 0 Å². The summed E-state index contributed by atoms with van der Waals surface area (Å²) in [6.45, 7) is 4.29. The average molecular weight is 414 g/mol. The number of rotatable bonds is 6. The fourth-order valence-corrected chi connectivity index (χ4v) is 3.07. The van der Waals surface area contributed by atoms with E-state index >= 15 is 0 Å². The molecule has 9 heteroatoms. The van der Waals surface area contributed by atoms with Gasteiger partial charge in [0.1, 0.15) is 18.8 Å². The Morgan fingerprint density at radius 1 is 1.13 bits per heavy atom. The van der Waals surface area contributed by atoms with Gasteiger partial charge in [-0.2, -0.15) is 0 Å². The minimum Gasteiger partial charge on any atom is -0.486 e. The van der Waals surface area contributed by atoms with Crippen LogP contribution in [0.1, 0.15) is 27.0 Å². The van der Waals surface area contributed by atoms with Crippen LogP contribution < -0.4 is 9.47 Å². The molecule has 0 atom stereocenters. The number of ether oxygens (including phenoxy) is 3. The van der Waals surface area contributed by atoms with E-state index in [0.717, 1.165) is 22.8 Å². The molecule has 0 N–H and O–H groups in total. The number of nitrogens with zero attached hydrogens (tertiary/aromatic N) is 2. The highest BCUT2D eigenvalue weighted by molar-refractivity contribution is 5.96. The lowest BCUT2D eigenvalue weighted by atomic mass is 10.1. The Balaban J connectivity index is 1.67. The van der Waals surface area contributed by atoms with Gasteiger partial charge < -0.3 is 19.1 Å². The first-order chi connectivity index (χ1) is 14.3. The predicted octanol–water partition coefficient (Wildman–Crippen LogP) is 2.80. The van der Waals surface area contributed by atoms with Crippen LogP contribution in [-0.2, 0) is 16.1 Å². The molecule has 0 radical (unpaired) electrons. The Hall–Kier alpha value is -3.62. The first-order valence-corrected chi connectivity index (χ1v) is 9.31. The lowest BCUT2D eigenvalue weighted by Crippen LogP contribution is -2.31. The van der Waals surface area contributed by atoms with Crippen molar-refractivity contribution in [3.8, 4) is 11.5 Å². The van der Waals surface area contributed by atoms with Crippen LogP contribution in [0.3, 0.4) is 0 Å². The molecule has 1 heterocycles. The minimum atomic E-state index is -0.980. The van der Waals surface area contributed by atoms with Crippen LogP contribution in [0.15, 0.2) is 30.3 Å². The third kappa shape index (κ3) is 4.68. The molecule has 0 saturated heterocycles. The second kappa shape index (κ2) is 8.81. The van der Waals surface area contributed by atoms with Crippen LogP contribution in [0.2, 0.25) is 0 Å². The summed E-state index contributed by atoms with van der Waals surface area (Å²) in [5.74, 6) is -0.999. The number of likely N-dealkylation sites (N-methyl/N-ethyl adjacent to an activating group) is 1. The number of hydrogen-bond acceptors (Lipinski definition) is 7. The van der Waals surface area contributed by atoms with Crippen LogP contribution in [0, 0.1) is 24.0 Å². The number of carbonyl (C=O) groups excluding carboxylic acids is 2. The van der Waals surface area contributed by atoms with Crippen LogP contribution >= 0.6 is 0 Å². The normalized spacial score (nSPS) is 12.2. The van der Waals surface area contributed by atoms with Crippen LogP contribution in [-0.4, -0.2) is 48.6 Å². The summed E-state index contributed by atoms with van der Waals surface area (Å²) in [5, 5.41) is 11.3. The number of benzene rings is 2. The average Bonchev–Trinajstić information content (AvgIpc) is 2.72. The van der Waals surface area contributed by atoms with Gasteiger partial charge in [-0.15, -0.1) is 0 Å². The van der Waals surface area contributed by atoms with Gasteiger partial charge in [0.25, 0.3) is 11.6 Å². The molecular formula is C21H22N2O7. The molecule has 30 heavy (non-hydrogen) atoms. The second-order valence-electron chi connectivity index (χ2n) is 7.03. The first-order valence-electron chi connectivity index (χ1n) is 9.31. The molecule has 0 unspecified atom stereocenters. The zero-order valence-corrected chi connectivity index (χ0v) is 17.0. The van der Waals surface area contributed by atoms with Crippen molar-refractivity contribution in [1.29, 1.82) is 0 Å². The van der Waals surface area contributed by atoms with Gasteiger partial charge in [0, 0.05) is 19.7 Å². The second-order valence-corrected chi connectivity index (χ2v) is 7.03. The fourth-order valence-electron chi connectivity index (χ4n) is 3.07. The Morgan fingerprint density at radius 3 is 2.43 bits per heavy atom. The molecule has 1 aliphatic rings. The number of hydrogen-bond donors (Lipinski definition) is 0. The van der Waals surface area contributed by atoms with Crippen molar-refractivity contribution >= 4 is 17.6 Å². The van der Waals surface area contributed by atoms with E-state index in [1.807, 2.05) is 32.0 Å². The lowest BCUT2D eigenvalue weighted by molar-refractivity contribution is -0.385. The Bertz CT molecular complexity index is 1000. The number of nitro groups is 1. The highest BCUT2D eigenvalue weighted by atomic mass is 16.6. The molecule has 1 aliphatic heterocycles. The largest absolute Gasteiger partial charge is 0.486 e. The third-order valence-electron chi connectivity index (χ3n) is 4.74. The summed E-state index contributed by atoms with van der Waals surface area (Å²) in [7, 11) is 1.60. The maximum absolute atomic E-state index is 12.4. The SMILES string of the molecule is Cc1ccc(CN(C)C(=O)COC(=O)c2cc3c(cc2[N+](=O)[O-])OCCO3)c(C)c1. The molecule has 2 aromatic rings. The zero-order valence-electron chi connectivity index (χ0n) is 17.0. The Labute approximate surface area is 173 Å². The first kappa shape index (κ1) is 21.1. The molecule has 9 nitrogen and oxygen atoms in total. The number of carbonyl (C=O) groups is 2.